The van der Waals surface area contributed by atoms with Crippen LogP contribution in [0, 0.1) is 5.92 Å². The summed E-state index contributed by atoms with van der Waals surface area (Å²) in [5, 5.41) is 12.3. The van der Waals surface area contributed by atoms with E-state index in [2.05, 4.69) is 17.1 Å². The molecule has 5 heteroatoms. The Labute approximate surface area is 108 Å². The standard InChI is InChI=1S/C13H24N2O3/c1-10-4-5-15(12(10)9-16)8-13(17)14-7-11-3-2-6-18-11/h10-12,16H,2-9H2,1H3,(H,14,17). The second-order valence-corrected chi connectivity index (χ2v) is 5.43. The van der Waals surface area contributed by atoms with E-state index in [9.17, 15) is 9.90 Å². The third-order valence-electron chi connectivity index (χ3n) is 4.08. The minimum Gasteiger partial charge on any atom is -0.395 e. The summed E-state index contributed by atoms with van der Waals surface area (Å²) in [7, 11) is 0. The summed E-state index contributed by atoms with van der Waals surface area (Å²) in [4.78, 5) is 13.9. The SMILES string of the molecule is CC1CCN(CC(=O)NCC2CCCO2)C1CO. The number of carbonyl (C=O) groups excluding carboxylic acids is 1. The number of aliphatic hydroxyl groups is 1. The zero-order valence-electron chi connectivity index (χ0n) is 11.1. The maximum absolute atomic E-state index is 11.8. The van der Waals surface area contributed by atoms with E-state index in [1.807, 2.05) is 0 Å². The van der Waals surface area contributed by atoms with Gasteiger partial charge in [-0.05, 0) is 31.7 Å². The van der Waals surface area contributed by atoms with Gasteiger partial charge in [0.2, 0.25) is 5.91 Å². The Kier molecular flexibility index (Phi) is 4.97. The van der Waals surface area contributed by atoms with Crippen LogP contribution in [-0.2, 0) is 9.53 Å². The Morgan fingerprint density at radius 2 is 2.33 bits per heavy atom. The van der Waals surface area contributed by atoms with Crippen LogP contribution in [0.5, 0.6) is 0 Å². The quantitative estimate of drug-likeness (QED) is 0.726. The van der Waals surface area contributed by atoms with Gasteiger partial charge in [-0.2, -0.15) is 0 Å². The number of nitrogens with zero attached hydrogens (tertiary/aromatic N) is 1. The highest BCUT2D eigenvalue weighted by Gasteiger charge is 2.31. The molecule has 2 N–H and O–H groups in total. The van der Waals surface area contributed by atoms with Gasteiger partial charge in [0.25, 0.3) is 0 Å². The number of rotatable bonds is 5. The lowest BCUT2D eigenvalue weighted by Gasteiger charge is -2.24. The number of carbonyl (C=O) groups is 1. The van der Waals surface area contributed by atoms with E-state index in [4.69, 9.17) is 4.74 Å². The number of hydrogen-bond acceptors (Lipinski definition) is 4. The van der Waals surface area contributed by atoms with E-state index in [-0.39, 0.29) is 24.7 Å². The van der Waals surface area contributed by atoms with Crippen molar-refractivity contribution in [1.82, 2.24) is 10.2 Å². The van der Waals surface area contributed by atoms with E-state index in [1.165, 1.54) is 0 Å². The van der Waals surface area contributed by atoms with Crippen molar-refractivity contribution in [3.8, 4) is 0 Å². The van der Waals surface area contributed by atoms with Gasteiger partial charge in [0.15, 0.2) is 0 Å². The fourth-order valence-electron chi connectivity index (χ4n) is 2.85. The first-order valence-electron chi connectivity index (χ1n) is 6.94. The molecule has 0 aromatic heterocycles. The lowest BCUT2D eigenvalue weighted by Crippen LogP contribution is -2.44. The molecule has 2 heterocycles. The molecule has 0 spiro atoms. The zero-order chi connectivity index (χ0) is 13.0. The summed E-state index contributed by atoms with van der Waals surface area (Å²) in [6.45, 7) is 5.00. The minimum atomic E-state index is 0.0399. The first-order valence-corrected chi connectivity index (χ1v) is 6.94. The molecule has 18 heavy (non-hydrogen) atoms. The van der Waals surface area contributed by atoms with Gasteiger partial charge in [-0.25, -0.2) is 0 Å². The van der Waals surface area contributed by atoms with Crippen LogP contribution >= 0.6 is 0 Å². The summed E-state index contributed by atoms with van der Waals surface area (Å²) in [5.74, 6) is 0.513. The van der Waals surface area contributed by atoms with Crippen LogP contribution in [0.1, 0.15) is 26.2 Å². The predicted octanol–water partition coefficient (Wildman–Crippen LogP) is -0.0157. The van der Waals surface area contributed by atoms with Crippen molar-refractivity contribution in [2.24, 2.45) is 5.92 Å². The van der Waals surface area contributed by atoms with Crippen LogP contribution in [0.15, 0.2) is 0 Å². The van der Waals surface area contributed by atoms with Crippen LogP contribution in [0.25, 0.3) is 0 Å². The molecule has 2 saturated heterocycles. The second kappa shape index (κ2) is 6.50. The Balaban J connectivity index is 1.70. The Morgan fingerprint density at radius 1 is 1.50 bits per heavy atom. The summed E-state index contributed by atoms with van der Waals surface area (Å²) in [6.07, 6.45) is 3.39. The summed E-state index contributed by atoms with van der Waals surface area (Å²) < 4.78 is 5.46. The fourth-order valence-corrected chi connectivity index (χ4v) is 2.85. The Bertz CT molecular complexity index is 279. The molecule has 0 bridgehead atoms. The van der Waals surface area contributed by atoms with Gasteiger partial charge >= 0.3 is 0 Å². The van der Waals surface area contributed by atoms with Crippen molar-refractivity contribution in [2.75, 3.05) is 32.8 Å². The van der Waals surface area contributed by atoms with Gasteiger partial charge in [0.1, 0.15) is 0 Å². The lowest BCUT2D eigenvalue weighted by atomic mass is 10.0. The molecule has 0 saturated carbocycles. The summed E-state index contributed by atoms with van der Waals surface area (Å²) in [5.41, 5.74) is 0. The first-order chi connectivity index (χ1) is 8.70. The van der Waals surface area contributed by atoms with Crippen LogP contribution in [0.2, 0.25) is 0 Å². The average molecular weight is 256 g/mol. The second-order valence-electron chi connectivity index (χ2n) is 5.43. The molecule has 3 atom stereocenters. The largest absolute Gasteiger partial charge is 0.395 e. The van der Waals surface area contributed by atoms with Crippen molar-refractivity contribution >= 4 is 5.91 Å². The molecular weight excluding hydrogens is 232 g/mol. The highest BCUT2D eigenvalue weighted by atomic mass is 16.5. The normalized spacial score (nSPS) is 32.9. The van der Waals surface area contributed by atoms with Crippen LogP contribution in [0.3, 0.4) is 0 Å². The van der Waals surface area contributed by atoms with E-state index in [0.29, 0.717) is 19.0 Å². The summed E-state index contributed by atoms with van der Waals surface area (Å²) >= 11 is 0. The van der Waals surface area contributed by atoms with Crippen molar-refractivity contribution in [1.29, 1.82) is 0 Å². The van der Waals surface area contributed by atoms with Gasteiger partial charge in [0, 0.05) is 19.2 Å². The number of likely N-dealkylation sites (tertiary alicyclic amines) is 1. The monoisotopic (exact) mass is 256 g/mol. The van der Waals surface area contributed by atoms with E-state index >= 15 is 0 Å². The molecule has 2 rings (SSSR count). The molecule has 1 amide bonds. The highest BCUT2D eigenvalue weighted by molar-refractivity contribution is 5.78. The smallest absolute Gasteiger partial charge is 0.234 e. The highest BCUT2D eigenvalue weighted by Crippen LogP contribution is 2.22. The maximum Gasteiger partial charge on any atom is 0.234 e. The molecule has 2 aliphatic rings. The summed E-state index contributed by atoms with van der Waals surface area (Å²) in [6, 6.07) is 0.137. The van der Waals surface area contributed by atoms with Gasteiger partial charge < -0.3 is 15.2 Å². The number of amides is 1. The number of hydrogen-bond donors (Lipinski definition) is 2. The fraction of sp³-hybridized carbons (Fsp3) is 0.923. The van der Waals surface area contributed by atoms with E-state index in [0.717, 1.165) is 32.4 Å². The predicted molar refractivity (Wildman–Crippen MR) is 68.2 cm³/mol. The minimum absolute atomic E-state index is 0.0399. The van der Waals surface area contributed by atoms with Gasteiger partial charge in [0.05, 0.1) is 19.3 Å². The molecule has 0 radical (unpaired) electrons. The maximum atomic E-state index is 11.8. The average Bonchev–Trinajstić information content (AvgIpc) is 2.97. The molecule has 5 nitrogen and oxygen atoms in total. The Hall–Kier alpha value is -0.650. The van der Waals surface area contributed by atoms with Gasteiger partial charge in [-0.1, -0.05) is 6.92 Å². The van der Waals surface area contributed by atoms with Gasteiger partial charge in [-0.3, -0.25) is 9.69 Å². The molecular formula is C13H24N2O3. The number of nitrogens with one attached hydrogen (secondary N) is 1. The third-order valence-corrected chi connectivity index (χ3v) is 4.08. The van der Waals surface area contributed by atoms with Crippen LogP contribution in [-0.4, -0.2) is 60.9 Å². The molecule has 2 aliphatic heterocycles. The van der Waals surface area contributed by atoms with Crippen molar-refractivity contribution < 1.29 is 14.6 Å². The van der Waals surface area contributed by atoms with Crippen molar-refractivity contribution in [3.05, 3.63) is 0 Å². The van der Waals surface area contributed by atoms with Crippen LogP contribution < -0.4 is 5.32 Å². The van der Waals surface area contributed by atoms with Crippen LogP contribution in [0.4, 0.5) is 0 Å². The van der Waals surface area contributed by atoms with E-state index < -0.39 is 0 Å². The van der Waals surface area contributed by atoms with Crippen molar-refractivity contribution in [3.63, 3.8) is 0 Å². The third kappa shape index (κ3) is 3.43. The number of aliphatic hydroxyl groups excluding tert-OH is 1. The molecule has 0 aromatic carbocycles. The Morgan fingerprint density at radius 3 is 3.00 bits per heavy atom. The molecule has 104 valence electrons. The van der Waals surface area contributed by atoms with Crippen molar-refractivity contribution in [2.45, 2.75) is 38.3 Å². The molecule has 2 fully saturated rings. The molecule has 3 unspecified atom stereocenters. The first kappa shape index (κ1) is 13.8. The van der Waals surface area contributed by atoms with Gasteiger partial charge in [-0.15, -0.1) is 0 Å². The number of ether oxygens (including phenoxy) is 1. The zero-order valence-corrected chi connectivity index (χ0v) is 11.1. The molecule has 0 aromatic rings. The topological polar surface area (TPSA) is 61.8 Å². The van der Waals surface area contributed by atoms with E-state index in [1.54, 1.807) is 0 Å². The lowest BCUT2D eigenvalue weighted by molar-refractivity contribution is -0.123. The molecule has 0 aliphatic carbocycles.